The number of sulfonamides is 1. The number of carbonyl (C=O) groups is 2. The molecule has 1 aliphatic heterocycles. The third kappa shape index (κ3) is 6.84. The molecule has 1 aromatic carbocycles. The van der Waals surface area contributed by atoms with Gasteiger partial charge in [-0.25, -0.2) is 8.42 Å². The van der Waals surface area contributed by atoms with Crippen LogP contribution in [0.5, 0.6) is 0 Å². The highest BCUT2D eigenvalue weighted by atomic mass is 32.2. The maximum Gasteiger partial charge on any atom is 0.256 e. The van der Waals surface area contributed by atoms with Gasteiger partial charge in [-0.1, -0.05) is 12.1 Å². The lowest BCUT2D eigenvalue weighted by molar-refractivity contribution is -0.124. The normalized spacial score (nSPS) is 16.1. The number of anilines is 1. The van der Waals surface area contributed by atoms with Gasteiger partial charge in [-0.3, -0.25) is 19.2 Å². The maximum absolute atomic E-state index is 12.8. The number of hydrogen-bond acceptors (Lipinski definition) is 5. The minimum absolute atomic E-state index is 0.0371. The topological polar surface area (TPSA) is 98.8 Å². The summed E-state index contributed by atoms with van der Waals surface area (Å²) in [7, 11) is -3.47. The average Bonchev–Trinajstić information content (AvgIpc) is 2.52. The van der Waals surface area contributed by atoms with E-state index in [4.69, 9.17) is 0 Å². The molecule has 2 rings (SSSR count). The van der Waals surface area contributed by atoms with Gasteiger partial charge in [-0.05, 0) is 32.9 Å². The lowest BCUT2D eigenvalue weighted by Gasteiger charge is -2.35. The lowest BCUT2D eigenvalue weighted by atomic mass is 10.1. The SMILES string of the molecule is CC(C)(C)NC(=O)CN1CCN(C(=O)c2ccccc2NS(C)(=O)=O)CC1. The summed E-state index contributed by atoms with van der Waals surface area (Å²) in [5.41, 5.74) is 0.324. The highest BCUT2D eigenvalue weighted by Gasteiger charge is 2.26. The second-order valence-electron chi connectivity index (χ2n) is 7.79. The summed E-state index contributed by atoms with van der Waals surface area (Å²) >= 11 is 0. The van der Waals surface area contributed by atoms with Crippen molar-refractivity contribution in [2.75, 3.05) is 43.7 Å². The molecule has 8 nitrogen and oxygen atoms in total. The van der Waals surface area contributed by atoms with E-state index in [1.54, 1.807) is 29.2 Å². The van der Waals surface area contributed by atoms with Crippen molar-refractivity contribution in [3.63, 3.8) is 0 Å². The number of nitrogens with zero attached hydrogens (tertiary/aromatic N) is 2. The van der Waals surface area contributed by atoms with E-state index < -0.39 is 10.0 Å². The third-order valence-corrected chi connectivity index (χ3v) is 4.58. The van der Waals surface area contributed by atoms with Gasteiger partial charge in [0.15, 0.2) is 0 Å². The van der Waals surface area contributed by atoms with Crippen LogP contribution < -0.4 is 10.0 Å². The number of para-hydroxylation sites is 1. The van der Waals surface area contributed by atoms with E-state index in [1.165, 1.54) is 0 Å². The Balaban J connectivity index is 1.97. The van der Waals surface area contributed by atoms with Crippen molar-refractivity contribution in [3.05, 3.63) is 29.8 Å². The highest BCUT2D eigenvalue weighted by molar-refractivity contribution is 7.92. The van der Waals surface area contributed by atoms with Crippen LogP contribution in [0.2, 0.25) is 0 Å². The van der Waals surface area contributed by atoms with Gasteiger partial charge in [-0.15, -0.1) is 0 Å². The Morgan fingerprint density at radius 2 is 1.67 bits per heavy atom. The van der Waals surface area contributed by atoms with Crippen LogP contribution in [0, 0.1) is 0 Å². The van der Waals surface area contributed by atoms with Gasteiger partial charge in [0.2, 0.25) is 15.9 Å². The minimum Gasteiger partial charge on any atom is -0.350 e. The van der Waals surface area contributed by atoms with Crippen LogP contribution in [-0.4, -0.2) is 74.6 Å². The molecule has 1 heterocycles. The molecular weight excluding hydrogens is 368 g/mol. The van der Waals surface area contributed by atoms with Crippen LogP contribution >= 0.6 is 0 Å². The molecule has 0 aromatic heterocycles. The molecule has 2 amide bonds. The number of nitrogens with one attached hydrogen (secondary N) is 2. The van der Waals surface area contributed by atoms with Crippen molar-refractivity contribution in [1.29, 1.82) is 0 Å². The first kappa shape index (κ1) is 21.2. The first-order valence-electron chi connectivity index (χ1n) is 8.84. The number of benzene rings is 1. The molecule has 27 heavy (non-hydrogen) atoms. The zero-order valence-corrected chi connectivity index (χ0v) is 17.1. The predicted molar refractivity (Wildman–Crippen MR) is 105 cm³/mol. The Bertz CT molecular complexity index is 794. The molecule has 2 N–H and O–H groups in total. The van der Waals surface area contributed by atoms with Crippen molar-refractivity contribution in [2.45, 2.75) is 26.3 Å². The molecule has 0 spiro atoms. The van der Waals surface area contributed by atoms with Crippen LogP contribution in [0.4, 0.5) is 5.69 Å². The summed E-state index contributed by atoms with van der Waals surface area (Å²) in [5, 5.41) is 2.93. The molecule has 1 fully saturated rings. The standard InChI is InChI=1S/C18H28N4O4S/c1-18(2,3)19-16(23)13-21-9-11-22(12-10-21)17(24)14-7-5-6-8-15(14)20-27(4,25)26/h5-8,20H,9-13H2,1-4H3,(H,19,23). The summed E-state index contributed by atoms with van der Waals surface area (Å²) in [5.74, 6) is -0.259. The van der Waals surface area contributed by atoms with Crippen LogP contribution in [0.3, 0.4) is 0 Å². The van der Waals surface area contributed by atoms with Crippen molar-refractivity contribution >= 4 is 27.5 Å². The number of carbonyl (C=O) groups excluding carboxylic acids is 2. The summed E-state index contributed by atoms with van der Waals surface area (Å²) in [6, 6.07) is 6.56. The Hall–Kier alpha value is -2.13. The Labute approximate surface area is 161 Å². The molecule has 0 radical (unpaired) electrons. The van der Waals surface area contributed by atoms with E-state index in [0.717, 1.165) is 6.26 Å². The fraction of sp³-hybridized carbons (Fsp3) is 0.556. The molecule has 1 aromatic rings. The Morgan fingerprint density at radius 3 is 2.22 bits per heavy atom. The van der Waals surface area contributed by atoms with Crippen molar-refractivity contribution in [3.8, 4) is 0 Å². The van der Waals surface area contributed by atoms with Gasteiger partial charge in [0, 0.05) is 31.7 Å². The van der Waals surface area contributed by atoms with E-state index in [-0.39, 0.29) is 23.0 Å². The van der Waals surface area contributed by atoms with Crippen molar-refractivity contribution in [1.82, 2.24) is 15.1 Å². The van der Waals surface area contributed by atoms with Gasteiger partial charge in [0.05, 0.1) is 24.1 Å². The van der Waals surface area contributed by atoms with Gasteiger partial charge >= 0.3 is 0 Å². The summed E-state index contributed by atoms with van der Waals surface area (Å²) in [6.07, 6.45) is 1.05. The van der Waals surface area contributed by atoms with Crippen LogP contribution in [0.15, 0.2) is 24.3 Å². The molecule has 1 aliphatic rings. The summed E-state index contributed by atoms with van der Waals surface area (Å²) in [4.78, 5) is 28.5. The molecular formula is C18H28N4O4S. The zero-order valence-electron chi connectivity index (χ0n) is 16.3. The first-order chi connectivity index (χ1) is 12.4. The van der Waals surface area contributed by atoms with E-state index in [2.05, 4.69) is 10.0 Å². The number of amides is 2. The molecule has 150 valence electrons. The monoisotopic (exact) mass is 396 g/mol. The lowest BCUT2D eigenvalue weighted by Crippen LogP contribution is -2.52. The zero-order chi connectivity index (χ0) is 20.2. The molecule has 0 aliphatic carbocycles. The fourth-order valence-electron chi connectivity index (χ4n) is 2.90. The number of hydrogen-bond donors (Lipinski definition) is 2. The molecule has 0 unspecified atom stereocenters. The third-order valence-electron chi connectivity index (χ3n) is 3.99. The van der Waals surface area contributed by atoms with Gasteiger partial charge < -0.3 is 10.2 Å². The van der Waals surface area contributed by atoms with E-state index in [9.17, 15) is 18.0 Å². The summed E-state index contributed by atoms with van der Waals surface area (Å²) < 4.78 is 25.4. The molecule has 0 atom stereocenters. The quantitative estimate of drug-likeness (QED) is 0.765. The van der Waals surface area contributed by atoms with Gasteiger partial charge in [0.1, 0.15) is 0 Å². The minimum atomic E-state index is -3.47. The van der Waals surface area contributed by atoms with Crippen molar-refractivity contribution < 1.29 is 18.0 Å². The van der Waals surface area contributed by atoms with E-state index in [0.29, 0.717) is 38.3 Å². The fourth-order valence-corrected chi connectivity index (χ4v) is 3.48. The Morgan fingerprint density at radius 1 is 1.07 bits per heavy atom. The smallest absolute Gasteiger partial charge is 0.256 e. The highest BCUT2D eigenvalue weighted by Crippen LogP contribution is 2.19. The summed E-state index contributed by atoms with van der Waals surface area (Å²) in [6.45, 7) is 8.24. The van der Waals surface area contributed by atoms with E-state index in [1.807, 2.05) is 25.7 Å². The second kappa shape index (κ2) is 8.26. The predicted octanol–water partition coefficient (Wildman–Crippen LogP) is 0.731. The van der Waals surface area contributed by atoms with Crippen LogP contribution in [-0.2, 0) is 14.8 Å². The number of rotatable bonds is 5. The molecule has 9 heteroatoms. The van der Waals surface area contributed by atoms with Crippen molar-refractivity contribution in [2.24, 2.45) is 0 Å². The van der Waals surface area contributed by atoms with Crippen LogP contribution in [0.25, 0.3) is 0 Å². The van der Waals surface area contributed by atoms with Gasteiger partial charge in [0.25, 0.3) is 5.91 Å². The van der Waals surface area contributed by atoms with Gasteiger partial charge in [-0.2, -0.15) is 0 Å². The van der Waals surface area contributed by atoms with Crippen LogP contribution in [0.1, 0.15) is 31.1 Å². The largest absolute Gasteiger partial charge is 0.350 e. The molecule has 0 bridgehead atoms. The Kier molecular flexibility index (Phi) is 6.48. The average molecular weight is 397 g/mol. The second-order valence-corrected chi connectivity index (χ2v) is 9.53. The molecule has 1 saturated heterocycles. The maximum atomic E-state index is 12.8. The van der Waals surface area contributed by atoms with E-state index >= 15 is 0 Å². The number of piperazine rings is 1. The first-order valence-corrected chi connectivity index (χ1v) is 10.7. The molecule has 0 saturated carbocycles.